The monoisotopic (exact) mass is 495 g/mol. The van der Waals surface area contributed by atoms with Gasteiger partial charge in [0.2, 0.25) is 21.8 Å². The molecule has 0 spiro atoms. The molecule has 2 aromatic carbocycles. The topological polar surface area (TPSA) is 126 Å². The number of rotatable bonds is 6. The SMILES string of the molecule is O=C(Nc1nnc(C2CC(=O)N(c3ccccc3)C2)o1)c1ccc(S(=O)(=O)N2CCCCC2)cc1. The molecule has 0 saturated carbocycles. The lowest BCUT2D eigenvalue weighted by Crippen LogP contribution is -2.35. The van der Waals surface area contributed by atoms with Gasteiger partial charge in [-0.05, 0) is 49.2 Å². The molecule has 2 fully saturated rings. The van der Waals surface area contributed by atoms with Crippen molar-refractivity contribution in [2.24, 2.45) is 0 Å². The molecule has 2 aliphatic rings. The molecule has 2 amide bonds. The second kappa shape index (κ2) is 9.59. The van der Waals surface area contributed by atoms with Crippen molar-refractivity contribution in [2.75, 3.05) is 29.9 Å². The van der Waals surface area contributed by atoms with E-state index >= 15 is 0 Å². The molecule has 5 rings (SSSR count). The van der Waals surface area contributed by atoms with Crippen molar-refractivity contribution in [3.63, 3.8) is 0 Å². The highest BCUT2D eigenvalue weighted by atomic mass is 32.2. The number of anilines is 2. The van der Waals surface area contributed by atoms with Crippen LogP contribution in [-0.2, 0) is 14.8 Å². The number of amides is 2. The summed E-state index contributed by atoms with van der Waals surface area (Å²) in [6.45, 7) is 1.44. The molecule has 0 radical (unpaired) electrons. The Labute approximate surface area is 203 Å². The summed E-state index contributed by atoms with van der Waals surface area (Å²) in [6, 6.07) is 15.0. The van der Waals surface area contributed by atoms with E-state index in [9.17, 15) is 18.0 Å². The van der Waals surface area contributed by atoms with Crippen molar-refractivity contribution >= 4 is 33.5 Å². The molecule has 0 bridgehead atoms. The number of nitrogens with zero attached hydrogens (tertiary/aromatic N) is 4. The Morgan fingerprint density at radius 3 is 2.40 bits per heavy atom. The number of para-hydroxylation sites is 1. The largest absolute Gasteiger partial charge is 0.407 e. The van der Waals surface area contributed by atoms with Crippen LogP contribution >= 0.6 is 0 Å². The number of benzene rings is 2. The fraction of sp³-hybridized carbons (Fsp3) is 0.333. The lowest BCUT2D eigenvalue weighted by Gasteiger charge is -2.25. The molecule has 1 N–H and O–H groups in total. The molecular weight excluding hydrogens is 470 g/mol. The third-order valence-electron chi connectivity index (χ3n) is 6.27. The Morgan fingerprint density at radius 2 is 1.69 bits per heavy atom. The van der Waals surface area contributed by atoms with E-state index in [-0.39, 0.29) is 40.6 Å². The van der Waals surface area contributed by atoms with Crippen molar-refractivity contribution in [1.82, 2.24) is 14.5 Å². The maximum absolute atomic E-state index is 12.8. The zero-order valence-electron chi connectivity index (χ0n) is 19.0. The number of carbonyl (C=O) groups is 2. The molecule has 11 heteroatoms. The molecule has 35 heavy (non-hydrogen) atoms. The predicted octanol–water partition coefficient (Wildman–Crippen LogP) is 3.02. The van der Waals surface area contributed by atoms with Crippen molar-refractivity contribution in [3.05, 3.63) is 66.1 Å². The molecule has 1 unspecified atom stereocenters. The maximum atomic E-state index is 12.8. The predicted molar refractivity (Wildman–Crippen MR) is 127 cm³/mol. The minimum Gasteiger partial charge on any atom is -0.407 e. The van der Waals surface area contributed by atoms with Crippen LogP contribution in [0.3, 0.4) is 0 Å². The van der Waals surface area contributed by atoms with Gasteiger partial charge in [0.25, 0.3) is 5.91 Å². The summed E-state index contributed by atoms with van der Waals surface area (Å²) in [5, 5.41) is 10.4. The molecular formula is C24H25N5O5S. The van der Waals surface area contributed by atoms with Crippen molar-refractivity contribution in [3.8, 4) is 0 Å². The summed E-state index contributed by atoms with van der Waals surface area (Å²) in [7, 11) is -3.57. The van der Waals surface area contributed by atoms with Crippen molar-refractivity contribution < 1.29 is 22.4 Å². The first kappa shape index (κ1) is 23.2. The molecule has 2 saturated heterocycles. The van der Waals surface area contributed by atoms with Crippen molar-refractivity contribution in [2.45, 2.75) is 36.5 Å². The normalized spacial score (nSPS) is 19.1. The van der Waals surface area contributed by atoms with Crippen LogP contribution in [0.15, 0.2) is 63.9 Å². The zero-order chi connectivity index (χ0) is 24.4. The van der Waals surface area contributed by atoms with Crippen LogP contribution < -0.4 is 10.2 Å². The summed E-state index contributed by atoms with van der Waals surface area (Å²) >= 11 is 0. The van der Waals surface area contributed by atoms with Crippen LogP contribution in [0.2, 0.25) is 0 Å². The highest BCUT2D eigenvalue weighted by Crippen LogP contribution is 2.31. The minimum atomic E-state index is -3.57. The smallest absolute Gasteiger partial charge is 0.322 e. The standard InChI is InChI=1S/C24H25N5O5S/c30-21-15-18(16-29(21)19-7-3-1-4-8-19)23-26-27-24(34-23)25-22(31)17-9-11-20(12-10-17)35(32,33)28-13-5-2-6-14-28/h1,3-4,7-12,18H,2,5-6,13-16H2,(H,25,27,31). The third-order valence-corrected chi connectivity index (χ3v) is 8.19. The number of nitrogens with one attached hydrogen (secondary N) is 1. The van der Waals surface area contributed by atoms with E-state index in [0.717, 1.165) is 24.9 Å². The highest BCUT2D eigenvalue weighted by Gasteiger charge is 2.35. The van der Waals surface area contributed by atoms with E-state index in [2.05, 4.69) is 15.5 Å². The first-order chi connectivity index (χ1) is 16.9. The van der Waals surface area contributed by atoms with Gasteiger partial charge in [0.1, 0.15) is 0 Å². The number of hydrogen-bond donors (Lipinski definition) is 1. The minimum absolute atomic E-state index is 0.0374. The van der Waals surface area contributed by atoms with E-state index in [0.29, 0.717) is 19.6 Å². The van der Waals surface area contributed by atoms with Gasteiger partial charge in [-0.2, -0.15) is 4.31 Å². The summed E-state index contributed by atoms with van der Waals surface area (Å²) in [5.74, 6) is -0.546. The van der Waals surface area contributed by atoms with Gasteiger partial charge in [-0.1, -0.05) is 29.7 Å². The van der Waals surface area contributed by atoms with Crippen LogP contribution in [0.25, 0.3) is 0 Å². The average molecular weight is 496 g/mol. The number of sulfonamides is 1. The molecule has 1 atom stereocenters. The van der Waals surface area contributed by atoms with Gasteiger partial charge in [0.15, 0.2) is 0 Å². The van der Waals surface area contributed by atoms with Crippen LogP contribution in [-0.4, -0.2) is 54.4 Å². The fourth-order valence-electron chi connectivity index (χ4n) is 4.38. The van der Waals surface area contributed by atoms with Gasteiger partial charge in [-0.25, -0.2) is 8.42 Å². The Kier molecular flexibility index (Phi) is 6.35. The van der Waals surface area contributed by atoms with Crippen LogP contribution in [0.4, 0.5) is 11.7 Å². The molecule has 2 aliphatic heterocycles. The summed E-state index contributed by atoms with van der Waals surface area (Å²) in [4.78, 5) is 26.9. The van der Waals surface area contributed by atoms with Gasteiger partial charge >= 0.3 is 6.01 Å². The van der Waals surface area contributed by atoms with Crippen LogP contribution in [0, 0.1) is 0 Å². The van der Waals surface area contributed by atoms with Gasteiger partial charge in [0.05, 0.1) is 10.8 Å². The third kappa shape index (κ3) is 4.82. The maximum Gasteiger partial charge on any atom is 0.322 e. The van der Waals surface area contributed by atoms with E-state index in [1.54, 1.807) is 4.90 Å². The summed E-state index contributed by atoms with van der Waals surface area (Å²) < 4.78 is 32.7. The average Bonchev–Trinajstić information content (AvgIpc) is 3.51. The second-order valence-corrected chi connectivity index (χ2v) is 10.6. The number of hydrogen-bond acceptors (Lipinski definition) is 7. The van der Waals surface area contributed by atoms with Crippen LogP contribution in [0.5, 0.6) is 0 Å². The molecule has 0 aliphatic carbocycles. The van der Waals surface area contributed by atoms with E-state index in [4.69, 9.17) is 4.42 Å². The van der Waals surface area contributed by atoms with E-state index < -0.39 is 15.9 Å². The molecule has 3 aromatic rings. The van der Waals surface area contributed by atoms with Gasteiger partial charge < -0.3 is 9.32 Å². The highest BCUT2D eigenvalue weighted by molar-refractivity contribution is 7.89. The molecule has 1 aromatic heterocycles. The molecule has 3 heterocycles. The Hall–Kier alpha value is -3.57. The van der Waals surface area contributed by atoms with E-state index in [1.807, 2.05) is 30.3 Å². The Balaban J connectivity index is 1.23. The van der Waals surface area contributed by atoms with Gasteiger partial charge in [0, 0.05) is 37.3 Å². The van der Waals surface area contributed by atoms with Gasteiger partial charge in [-0.3, -0.25) is 14.9 Å². The fourth-order valence-corrected chi connectivity index (χ4v) is 5.90. The summed E-state index contributed by atoms with van der Waals surface area (Å²) in [6.07, 6.45) is 2.97. The van der Waals surface area contributed by atoms with Gasteiger partial charge in [-0.15, -0.1) is 5.10 Å². The molecule has 10 nitrogen and oxygen atoms in total. The Bertz CT molecular complexity index is 1320. The number of aromatic nitrogens is 2. The van der Waals surface area contributed by atoms with Crippen LogP contribution in [0.1, 0.15) is 47.8 Å². The lowest BCUT2D eigenvalue weighted by molar-refractivity contribution is -0.117. The summed E-state index contributed by atoms with van der Waals surface area (Å²) in [5.41, 5.74) is 1.06. The molecule has 182 valence electrons. The van der Waals surface area contributed by atoms with E-state index in [1.165, 1.54) is 28.6 Å². The first-order valence-electron chi connectivity index (χ1n) is 11.5. The lowest BCUT2D eigenvalue weighted by atomic mass is 10.1. The number of carbonyl (C=O) groups excluding carboxylic acids is 2. The quantitative estimate of drug-likeness (QED) is 0.557. The Morgan fingerprint density at radius 1 is 0.971 bits per heavy atom. The number of piperidine rings is 1. The second-order valence-electron chi connectivity index (χ2n) is 8.63. The zero-order valence-corrected chi connectivity index (χ0v) is 19.8. The first-order valence-corrected chi connectivity index (χ1v) is 13.0. The van der Waals surface area contributed by atoms with Crippen molar-refractivity contribution in [1.29, 1.82) is 0 Å².